The van der Waals surface area contributed by atoms with E-state index in [0.29, 0.717) is 17.8 Å². The summed E-state index contributed by atoms with van der Waals surface area (Å²) in [5.41, 5.74) is 0. The van der Waals surface area contributed by atoms with Gasteiger partial charge in [-0.3, -0.25) is 4.79 Å². The van der Waals surface area contributed by atoms with Crippen LogP contribution in [0.3, 0.4) is 0 Å². The number of hydrogen-bond acceptors (Lipinski definition) is 2. The Morgan fingerprint density at radius 3 is 2.92 bits per heavy atom. The van der Waals surface area contributed by atoms with Gasteiger partial charge in [0.2, 0.25) is 0 Å². The summed E-state index contributed by atoms with van der Waals surface area (Å²) in [5, 5.41) is 12.1. The molecule has 13 heavy (non-hydrogen) atoms. The van der Waals surface area contributed by atoms with E-state index in [9.17, 15) is 4.79 Å². The molecule has 4 unspecified atom stereocenters. The first-order chi connectivity index (χ1) is 6.20. The minimum atomic E-state index is -0.666. The normalized spacial score (nSPS) is 44.4. The van der Waals surface area contributed by atoms with Crippen LogP contribution in [0.25, 0.3) is 0 Å². The lowest BCUT2D eigenvalue weighted by Gasteiger charge is -2.32. The Morgan fingerprint density at radius 1 is 1.46 bits per heavy atom. The molecular formula is C10H17NO2. The van der Waals surface area contributed by atoms with Crippen molar-refractivity contribution in [1.29, 1.82) is 0 Å². The lowest BCUT2D eigenvalue weighted by atomic mass is 9.72. The molecule has 0 bridgehead atoms. The van der Waals surface area contributed by atoms with Crippen molar-refractivity contribution in [2.24, 2.45) is 17.8 Å². The van der Waals surface area contributed by atoms with Gasteiger partial charge in [0, 0.05) is 0 Å². The number of carboxylic acids is 1. The van der Waals surface area contributed by atoms with Crippen molar-refractivity contribution in [1.82, 2.24) is 5.32 Å². The summed E-state index contributed by atoms with van der Waals surface area (Å²) in [5.74, 6) is 0.909. The second-order valence-electron chi connectivity index (χ2n) is 4.47. The summed E-state index contributed by atoms with van der Waals surface area (Å²) in [6.07, 6.45) is 3.69. The van der Waals surface area contributed by atoms with E-state index in [1.807, 2.05) is 0 Å². The fourth-order valence-corrected chi connectivity index (χ4v) is 3.06. The first-order valence-corrected chi connectivity index (χ1v) is 5.16. The van der Waals surface area contributed by atoms with E-state index < -0.39 is 5.97 Å². The van der Waals surface area contributed by atoms with Crippen LogP contribution < -0.4 is 5.32 Å². The molecule has 3 nitrogen and oxygen atoms in total. The average molecular weight is 183 g/mol. The monoisotopic (exact) mass is 183 g/mol. The zero-order chi connectivity index (χ0) is 9.42. The lowest BCUT2D eigenvalue weighted by Crippen LogP contribution is -2.39. The van der Waals surface area contributed by atoms with E-state index in [4.69, 9.17) is 5.11 Å². The summed E-state index contributed by atoms with van der Waals surface area (Å²) in [6, 6.07) is -0.278. The molecule has 0 spiro atoms. The molecule has 2 aliphatic rings. The molecule has 1 heterocycles. The molecule has 0 aromatic rings. The van der Waals surface area contributed by atoms with Gasteiger partial charge >= 0.3 is 5.97 Å². The van der Waals surface area contributed by atoms with Gasteiger partial charge in [-0.05, 0) is 30.7 Å². The van der Waals surface area contributed by atoms with Crippen molar-refractivity contribution < 1.29 is 9.90 Å². The van der Waals surface area contributed by atoms with Crippen LogP contribution in [0.1, 0.15) is 26.2 Å². The molecule has 2 fully saturated rings. The molecule has 1 saturated carbocycles. The number of carboxylic acid groups (broad SMARTS) is 1. The van der Waals surface area contributed by atoms with Crippen molar-refractivity contribution in [2.75, 3.05) is 6.54 Å². The van der Waals surface area contributed by atoms with E-state index in [-0.39, 0.29) is 6.04 Å². The summed E-state index contributed by atoms with van der Waals surface area (Å²) in [7, 11) is 0. The topological polar surface area (TPSA) is 49.3 Å². The number of aliphatic carboxylic acids is 1. The van der Waals surface area contributed by atoms with E-state index >= 15 is 0 Å². The zero-order valence-corrected chi connectivity index (χ0v) is 7.99. The molecule has 1 aliphatic carbocycles. The quantitative estimate of drug-likeness (QED) is 0.640. The van der Waals surface area contributed by atoms with Gasteiger partial charge in [-0.2, -0.15) is 0 Å². The van der Waals surface area contributed by atoms with Crippen LogP contribution >= 0.6 is 0 Å². The van der Waals surface area contributed by atoms with Gasteiger partial charge in [-0.1, -0.05) is 19.8 Å². The van der Waals surface area contributed by atoms with E-state index in [0.717, 1.165) is 6.54 Å². The van der Waals surface area contributed by atoms with Crippen LogP contribution in [0.15, 0.2) is 0 Å². The van der Waals surface area contributed by atoms with Crippen molar-refractivity contribution in [3.05, 3.63) is 0 Å². The maximum Gasteiger partial charge on any atom is 0.321 e. The van der Waals surface area contributed by atoms with E-state index in [2.05, 4.69) is 12.2 Å². The highest BCUT2D eigenvalue weighted by molar-refractivity contribution is 5.74. The molecule has 2 N–H and O–H groups in total. The summed E-state index contributed by atoms with van der Waals surface area (Å²) >= 11 is 0. The SMILES string of the molecule is CC1CCCC2CNC(C(=O)O)C12. The summed E-state index contributed by atoms with van der Waals surface area (Å²) < 4.78 is 0. The average Bonchev–Trinajstić information content (AvgIpc) is 2.49. The highest BCUT2D eigenvalue weighted by atomic mass is 16.4. The molecule has 0 aromatic carbocycles. The predicted molar refractivity (Wildman–Crippen MR) is 49.4 cm³/mol. The fraction of sp³-hybridized carbons (Fsp3) is 0.900. The Morgan fingerprint density at radius 2 is 2.23 bits per heavy atom. The van der Waals surface area contributed by atoms with Crippen molar-refractivity contribution in [3.63, 3.8) is 0 Å². The van der Waals surface area contributed by atoms with Gasteiger partial charge in [0.25, 0.3) is 0 Å². The van der Waals surface area contributed by atoms with Gasteiger partial charge in [-0.25, -0.2) is 0 Å². The molecule has 0 radical (unpaired) electrons. The Kier molecular flexibility index (Phi) is 2.28. The van der Waals surface area contributed by atoms with Gasteiger partial charge in [0.1, 0.15) is 6.04 Å². The van der Waals surface area contributed by atoms with Crippen LogP contribution in [0, 0.1) is 17.8 Å². The molecule has 1 saturated heterocycles. The number of rotatable bonds is 1. The first-order valence-electron chi connectivity index (χ1n) is 5.16. The predicted octanol–water partition coefficient (Wildman–Crippen LogP) is 1.10. The number of hydrogen-bond donors (Lipinski definition) is 2. The molecule has 1 aliphatic heterocycles. The molecular weight excluding hydrogens is 166 g/mol. The van der Waals surface area contributed by atoms with Gasteiger partial charge in [-0.15, -0.1) is 0 Å². The molecule has 2 rings (SSSR count). The Hall–Kier alpha value is -0.570. The second-order valence-corrected chi connectivity index (χ2v) is 4.47. The van der Waals surface area contributed by atoms with Crippen LogP contribution in [-0.4, -0.2) is 23.7 Å². The molecule has 74 valence electrons. The summed E-state index contributed by atoms with van der Waals surface area (Å²) in [6.45, 7) is 3.10. The zero-order valence-electron chi connectivity index (χ0n) is 7.99. The minimum Gasteiger partial charge on any atom is -0.480 e. The third kappa shape index (κ3) is 1.46. The molecule has 0 aromatic heterocycles. The highest BCUT2D eigenvalue weighted by Crippen LogP contribution is 2.39. The van der Waals surface area contributed by atoms with Crippen molar-refractivity contribution >= 4 is 5.97 Å². The smallest absolute Gasteiger partial charge is 0.321 e. The molecule has 0 amide bonds. The van der Waals surface area contributed by atoms with Gasteiger partial charge in [0.15, 0.2) is 0 Å². The van der Waals surface area contributed by atoms with Crippen molar-refractivity contribution in [3.8, 4) is 0 Å². The lowest BCUT2D eigenvalue weighted by molar-refractivity contribution is -0.141. The van der Waals surface area contributed by atoms with Crippen molar-refractivity contribution in [2.45, 2.75) is 32.2 Å². The largest absolute Gasteiger partial charge is 0.480 e. The second kappa shape index (κ2) is 3.29. The highest BCUT2D eigenvalue weighted by Gasteiger charge is 2.44. The van der Waals surface area contributed by atoms with Crippen LogP contribution in [0.4, 0.5) is 0 Å². The van der Waals surface area contributed by atoms with E-state index in [1.165, 1.54) is 19.3 Å². The van der Waals surface area contributed by atoms with Gasteiger partial charge < -0.3 is 10.4 Å². The van der Waals surface area contributed by atoms with E-state index in [1.54, 1.807) is 0 Å². The number of nitrogens with one attached hydrogen (secondary N) is 1. The minimum absolute atomic E-state index is 0.278. The molecule has 4 atom stereocenters. The Bertz CT molecular complexity index is 217. The van der Waals surface area contributed by atoms with Gasteiger partial charge in [0.05, 0.1) is 0 Å². The number of fused-ring (bicyclic) bond motifs is 1. The maximum atomic E-state index is 10.9. The third-order valence-corrected chi connectivity index (χ3v) is 3.69. The third-order valence-electron chi connectivity index (χ3n) is 3.69. The fourth-order valence-electron chi connectivity index (χ4n) is 3.06. The van der Waals surface area contributed by atoms with Crippen LogP contribution in [-0.2, 0) is 4.79 Å². The number of carbonyl (C=O) groups is 1. The Labute approximate surface area is 78.5 Å². The first kappa shape index (κ1) is 9.00. The molecule has 3 heteroatoms. The van der Waals surface area contributed by atoms with Crippen LogP contribution in [0.5, 0.6) is 0 Å². The Balaban J connectivity index is 2.13. The standard InChI is InChI=1S/C10H17NO2/c1-6-3-2-4-7-5-11-9(8(6)7)10(12)13/h6-9,11H,2-5H2,1H3,(H,12,13). The maximum absolute atomic E-state index is 10.9. The summed E-state index contributed by atoms with van der Waals surface area (Å²) in [4.78, 5) is 10.9. The van der Waals surface area contributed by atoms with Crippen LogP contribution in [0.2, 0.25) is 0 Å².